The van der Waals surface area contributed by atoms with Crippen molar-refractivity contribution in [3.63, 3.8) is 0 Å². The number of aliphatic hydroxyl groups excluding tert-OH is 1. The summed E-state index contributed by atoms with van der Waals surface area (Å²) >= 11 is 0. The first kappa shape index (κ1) is 13.3. The zero-order valence-electron chi connectivity index (χ0n) is 10.9. The zero-order chi connectivity index (χ0) is 13.3. The highest BCUT2D eigenvalue weighted by Crippen LogP contribution is 2.27. The lowest BCUT2D eigenvalue weighted by Gasteiger charge is -2.36. The molecule has 3 N–H and O–H groups in total. The minimum absolute atomic E-state index is 0.166. The molecule has 3 nitrogen and oxygen atoms in total. The number of hydrogen-bond donors (Lipinski definition) is 2. The highest BCUT2D eigenvalue weighted by atomic mass is 19.1. The van der Waals surface area contributed by atoms with Gasteiger partial charge in [0.2, 0.25) is 0 Å². The van der Waals surface area contributed by atoms with Crippen LogP contribution in [-0.4, -0.2) is 24.3 Å². The van der Waals surface area contributed by atoms with Crippen molar-refractivity contribution >= 4 is 5.69 Å². The Morgan fingerprint density at radius 1 is 1.50 bits per heavy atom. The molecule has 1 saturated heterocycles. The fourth-order valence-corrected chi connectivity index (χ4v) is 2.33. The lowest BCUT2D eigenvalue weighted by Crippen LogP contribution is -2.43. The van der Waals surface area contributed by atoms with Crippen LogP contribution in [0.2, 0.25) is 0 Å². The second-order valence-electron chi connectivity index (χ2n) is 5.28. The second kappa shape index (κ2) is 5.24. The molecule has 0 aromatic heterocycles. The monoisotopic (exact) mass is 252 g/mol. The van der Waals surface area contributed by atoms with E-state index in [1.807, 2.05) is 24.8 Å². The van der Waals surface area contributed by atoms with Gasteiger partial charge in [-0.1, -0.05) is 13.0 Å². The maximum atomic E-state index is 14.0. The molecule has 1 aromatic carbocycles. The normalized spacial score (nSPS) is 26.2. The van der Waals surface area contributed by atoms with Crippen LogP contribution in [0.15, 0.2) is 18.2 Å². The van der Waals surface area contributed by atoms with E-state index in [1.54, 1.807) is 6.07 Å². The van der Waals surface area contributed by atoms with E-state index in [2.05, 4.69) is 0 Å². The Labute approximate surface area is 107 Å². The van der Waals surface area contributed by atoms with Gasteiger partial charge in [0, 0.05) is 19.1 Å². The molecule has 18 heavy (non-hydrogen) atoms. The smallest absolute Gasteiger partial charge is 0.146 e. The third kappa shape index (κ3) is 2.65. The number of nitrogens with two attached hydrogens (primary N) is 1. The van der Waals surface area contributed by atoms with Crippen molar-refractivity contribution in [1.29, 1.82) is 0 Å². The number of rotatable bonds is 2. The summed E-state index contributed by atoms with van der Waals surface area (Å²) in [5, 5.41) is 9.86. The van der Waals surface area contributed by atoms with Crippen LogP contribution in [0.1, 0.15) is 31.9 Å². The van der Waals surface area contributed by atoms with Crippen molar-refractivity contribution in [3.05, 3.63) is 29.6 Å². The van der Waals surface area contributed by atoms with Crippen LogP contribution >= 0.6 is 0 Å². The predicted octanol–water partition coefficient (Wildman–Crippen LogP) is 2.05. The first-order valence-corrected chi connectivity index (χ1v) is 6.47. The molecule has 1 heterocycles. The van der Waals surface area contributed by atoms with Gasteiger partial charge in [-0.15, -0.1) is 0 Å². The number of β-amino-alcohol motifs (C(OH)–C–C–N with tert-alkyl or cyclic N) is 1. The van der Waals surface area contributed by atoms with Crippen LogP contribution in [-0.2, 0) is 0 Å². The fraction of sp³-hybridized carbons (Fsp3) is 0.571. The standard InChI is InChI=1S/C14H21FN2O/c1-9-5-6-17(8-14(9)18)13-4-3-11(10(2)16)7-12(13)15/h3-4,7,9-10,14,18H,5-6,8,16H2,1-2H3. The van der Waals surface area contributed by atoms with E-state index >= 15 is 0 Å². The van der Waals surface area contributed by atoms with Gasteiger partial charge in [-0.05, 0) is 37.0 Å². The van der Waals surface area contributed by atoms with Gasteiger partial charge in [-0.2, -0.15) is 0 Å². The summed E-state index contributed by atoms with van der Waals surface area (Å²) in [5.41, 5.74) is 7.09. The first-order valence-electron chi connectivity index (χ1n) is 6.47. The molecular formula is C14H21FN2O. The molecule has 1 aliphatic rings. The van der Waals surface area contributed by atoms with E-state index in [9.17, 15) is 9.50 Å². The summed E-state index contributed by atoms with van der Waals surface area (Å²) < 4.78 is 14.0. The minimum atomic E-state index is -0.383. The molecule has 1 fully saturated rings. The Kier molecular flexibility index (Phi) is 3.88. The Bertz CT molecular complexity index is 422. The molecule has 3 atom stereocenters. The summed E-state index contributed by atoms with van der Waals surface area (Å²) in [5.74, 6) is 0.0270. The number of anilines is 1. The lowest BCUT2D eigenvalue weighted by molar-refractivity contribution is 0.102. The summed E-state index contributed by atoms with van der Waals surface area (Å²) in [6.07, 6.45) is 0.501. The Morgan fingerprint density at radius 3 is 2.78 bits per heavy atom. The maximum Gasteiger partial charge on any atom is 0.146 e. The van der Waals surface area contributed by atoms with E-state index in [-0.39, 0.29) is 23.9 Å². The molecule has 3 unspecified atom stereocenters. The average molecular weight is 252 g/mol. The molecule has 0 amide bonds. The predicted molar refractivity (Wildman–Crippen MR) is 71.0 cm³/mol. The molecule has 0 aliphatic carbocycles. The van der Waals surface area contributed by atoms with Gasteiger partial charge in [0.05, 0.1) is 11.8 Å². The zero-order valence-corrected chi connectivity index (χ0v) is 10.9. The van der Waals surface area contributed by atoms with Crippen molar-refractivity contribution in [1.82, 2.24) is 0 Å². The molecule has 0 radical (unpaired) electrons. The molecule has 2 rings (SSSR count). The van der Waals surface area contributed by atoms with Crippen molar-refractivity contribution in [3.8, 4) is 0 Å². The summed E-state index contributed by atoms with van der Waals surface area (Å²) in [6, 6.07) is 4.94. The molecular weight excluding hydrogens is 231 g/mol. The van der Waals surface area contributed by atoms with Gasteiger partial charge in [0.15, 0.2) is 0 Å². The summed E-state index contributed by atoms with van der Waals surface area (Å²) in [6.45, 7) is 5.14. The van der Waals surface area contributed by atoms with Crippen LogP contribution in [0.4, 0.5) is 10.1 Å². The quantitative estimate of drug-likeness (QED) is 0.847. The van der Waals surface area contributed by atoms with Crippen molar-refractivity contribution < 1.29 is 9.50 Å². The van der Waals surface area contributed by atoms with Gasteiger partial charge in [0.1, 0.15) is 5.82 Å². The fourth-order valence-electron chi connectivity index (χ4n) is 2.33. The number of halogens is 1. The van der Waals surface area contributed by atoms with E-state index in [0.717, 1.165) is 18.5 Å². The Balaban J connectivity index is 2.19. The maximum absolute atomic E-state index is 14.0. The number of aliphatic hydroxyl groups is 1. The van der Waals surface area contributed by atoms with Crippen LogP contribution < -0.4 is 10.6 Å². The summed E-state index contributed by atoms with van der Waals surface area (Å²) in [4.78, 5) is 1.91. The number of hydrogen-bond acceptors (Lipinski definition) is 3. The number of piperidine rings is 1. The van der Waals surface area contributed by atoms with E-state index in [1.165, 1.54) is 6.07 Å². The highest BCUT2D eigenvalue weighted by Gasteiger charge is 2.25. The average Bonchev–Trinajstić information content (AvgIpc) is 2.32. The van der Waals surface area contributed by atoms with Crippen molar-refractivity contribution in [2.75, 3.05) is 18.0 Å². The highest BCUT2D eigenvalue weighted by molar-refractivity contribution is 5.50. The van der Waals surface area contributed by atoms with Crippen LogP contribution in [0.3, 0.4) is 0 Å². The first-order chi connectivity index (χ1) is 8.49. The molecule has 0 spiro atoms. The Hall–Kier alpha value is -1.13. The SMILES string of the molecule is CC(N)c1ccc(N2CCC(C)C(O)C2)c(F)c1. The van der Waals surface area contributed by atoms with Crippen molar-refractivity contribution in [2.45, 2.75) is 32.4 Å². The van der Waals surface area contributed by atoms with Crippen LogP contribution in [0.5, 0.6) is 0 Å². The molecule has 0 saturated carbocycles. The van der Waals surface area contributed by atoms with E-state index in [4.69, 9.17) is 5.73 Å². The molecule has 100 valence electrons. The van der Waals surface area contributed by atoms with Gasteiger partial charge >= 0.3 is 0 Å². The van der Waals surface area contributed by atoms with E-state index in [0.29, 0.717) is 12.2 Å². The lowest BCUT2D eigenvalue weighted by atomic mass is 9.95. The van der Waals surface area contributed by atoms with Gasteiger partial charge in [0.25, 0.3) is 0 Å². The number of benzene rings is 1. The van der Waals surface area contributed by atoms with E-state index < -0.39 is 0 Å². The van der Waals surface area contributed by atoms with Crippen LogP contribution in [0.25, 0.3) is 0 Å². The van der Waals surface area contributed by atoms with Crippen LogP contribution in [0, 0.1) is 11.7 Å². The number of nitrogens with zero attached hydrogens (tertiary/aromatic N) is 1. The largest absolute Gasteiger partial charge is 0.391 e. The molecule has 1 aliphatic heterocycles. The third-order valence-corrected chi connectivity index (χ3v) is 3.76. The topological polar surface area (TPSA) is 49.5 Å². The van der Waals surface area contributed by atoms with Gasteiger partial charge < -0.3 is 15.7 Å². The van der Waals surface area contributed by atoms with Crippen molar-refractivity contribution in [2.24, 2.45) is 11.7 Å². The molecule has 0 bridgehead atoms. The molecule has 1 aromatic rings. The second-order valence-corrected chi connectivity index (χ2v) is 5.28. The summed E-state index contributed by atoms with van der Waals surface area (Å²) in [7, 11) is 0. The minimum Gasteiger partial charge on any atom is -0.391 e. The molecule has 4 heteroatoms. The van der Waals surface area contributed by atoms with Gasteiger partial charge in [-0.25, -0.2) is 4.39 Å². The van der Waals surface area contributed by atoms with Gasteiger partial charge in [-0.3, -0.25) is 0 Å². The third-order valence-electron chi connectivity index (χ3n) is 3.76. The Morgan fingerprint density at radius 2 is 2.22 bits per heavy atom.